The number of likely N-dealkylation sites (N-methyl/N-ethyl adjacent to an activating group) is 2. The average Bonchev–Trinajstić information content (AvgIpc) is 3.35. The molecule has 39 heavy (non-hydrogen) atoms. The number of H-pyrrole nitrogens is 1. The molecule has 1 aliphatic rings. The van der Waals surface area contributed by atoms with Crippen molar-refractivity contribution in [1.29, 1.82) is 0 Å². The van der Waals surface area contributed by atoms with Gasteiger partial charge in [-0.25, -0.2) is 19.3 Å². The van der Waals surface area contributed by atoms with Crippen molar-refractivity contribution >= 4 is 11.9 Å². The molecule has 0 radical (unpaired) electrons. The number of amides is 1. The van der Waals surface area contributed by atoms with Crippen LogP contribution in [0.2, 0.25) is 0 Å². The van der Waals surface area contributed by atoms with Crippen LogP contribution in [-0.2, 0) is 14.3 Å². The van der Waals surface area contributed by atoms with Gasteiger partial charge in [0.1, 0.15) is 5.82 Å². The molecule has 1 aliphatic heterocycles. The van der Waals surface area contributed by atoms with Gasteiger partial charge in [0.15, 0.2) is 5.82 Å². The second kappa shape index (κ2) is 12.6. The largest absolute Gasteiger partial charge is 0.354 e. The first-order valence-electron chi connectivity index (χ1n) is 12.9. The van der Waals surface area contributed by atoms with Crippen molar-refractivity contribution in [3.05, 3.63) is 48.2 Å². The number of carbonyl (C=O) groups is 1. The normalized spacial score (nSPS) is 19.4. The maximum Gasteiger partial charge on any atom is 0.230 e. The fourth-order valence-electron chi connectivity index (χ4n) is 3.98. The Kier molecular flexibility index (Phi) is 9.23. The average molecular weight is 541 g/mol. The second-order valence-corrected chi connectivity index (χ2v) is 10.4. The molecule has 210 valence electrons. The number of imidazole rings is 1. The van der Waals surface area contributed by atoms with E-state index in [9.17, 15) is 9.18 Å². The Morgan fingerprint density at radius 2 is 1.72 bits per heavy atom. The third-order valence-electron chi connectivity index (χ3n) is 6.32. The van der Waals surface area contributed by atoms with Crippen LogP contribution in [0.5, 0.6) is 0 Å². The number of nitrogens with one attached hydrogen (secondary N) is 3. The van der Waals surface area contributed by atoms with Crippen LogP contribution in [-0.4, -0.2) is 103 Å². The number of nitrogens with zero attached hydrogens (tertiary/aromatic N) is 5. The number of ether oxygens (including phenoxy) is 2. The van der Waals surface area contributed by atoms with Crippen LogP contribution in [0.4, 0.5) is 10.3 Å². The lowest BCUT2D eigenvalue weighted by molar-refractivity contribution is -0.231. The number of anilines is 1. The summed E-state index contributed by atoms with van der Waals surface area (Å²) in [6, 6.07) is 7.87. The van der Waals surface area contributed by atoms with Crippen LogP contribution < -0.4 is 10.6 Å². The molecular weight excluding hydrogens is 503 g/mol. The minimum absolute atomic E-state index is 0.120. The highest BCUT2D eigenvalue weighted by atomic mass is 19.1. The Morgan fingerprint density at radius 1 is 1.05 bits per heavy atom. The second-order valence-electron chi connectivity index (χ2n) is 10.4. The van der Waals surface area contributed by atoms with Gasteiger partial charge in [0.25, 0.3) is 0 Å². The topological polar surface area (TPSA) is 121 Å². The molecule has 0 saturated carbocycles. The molecular formula is C27H37FN8O3. The van der Waals surface area contributed by atoms with E-state index in [-0.39, 0.29) is 24.9 Å². The first kappa shape index (κ1) is 28.6. The summed E-state index contributed by atoms with van der Waals surface area (Å²) in [5.41, 5.74) is 1.69. The number of hydrogen-bond acceptors (Lipinski definition) is 9. The molecule has 3 heterocycles. The molecule has 0 aliphatic carbocycles. The van der Waals surface area contributed by atoms with Gasteiger partial charge in [0.05, 0.1) is 35.7 Å². The van der Waals surface area contributed by atoms with Crippen molar-refractivity contribution in [3.63, 3.8) is 0 Å². The number of halogens is 1. The van der Waals surface area contributed by atoms with Crippen LogP contribution >= 0.6 is 0 Å². The molecule has 0 spiro atoms. The first-order valence-corrected chi connectivity index (χ1v) is 12.9. The Bertz CT molecular complexity index is 1240. The number of hydrogen-bond donors (Lipinski definition) is 3. The molecule has 3 aromatic rings. The minimum Gasteiger partial charge on any atom is -0.354 e. The maximum atomic E-state index is 13.7. The molecule has 3 N–H and O–H groups in total. The molecule has 0 unspecified atom stereocenters. The summed E-state index contributed by atoms with van der Waals surface area (Å²) in [4.78, 5) is 33.9. The fourth-order valence-corrected chi connectivity index (χ4v) is 3.98. The Morgan fingerprint density at radius 3 is 2.38 bits per heavy atom. The van der Waals surface area contributed by atoms with Crippen LogP contribution in [0.3, 0.4) is 0 Å². The van der Waals surface area contributed by atoms with Gasteiger partial charge in [0, 0.05) is 37.9 Å². The lowest BCUT2D eigenvalue weighted by atomic mass is 9.91. The highest BCUT2D eigenvalue weighted by molar-refractivity contribution is 5.82. The third kappa shape index (κ3) is 7.35. The number of aromatic amines is 1. The van der Waals surface area contributed by atoms with E-state index in [2.05, 4.69) is 30.5 Å². The van der Waals surface area contributed by atoms with E-state index in [1.807, 2.05) is 40.0 Å². The van der Waals surface area contributed by atoms with E-state index in [4.69, 9.17) is 14.5 Å². The minimum atomic E-state index is -0.822. The summed E-state index contributed by atoms with van der Waals surface area (Å²) < 4.78 is 25.6. The lowest BCUT2D eigenvalue weighted by Gasteiger charge is -2.35. The van der Waals surface area contributed by atoms with E-state index >= 15 is 0 Å². The van der Waals surface area contributed by atoms with Crippen molar-refractivity contribution in [2.45, 2.75) is 13.2 Å². The molecule has 2 aromatic heterocycles. The fraction of sp³-hybridized carbons (Fsp3) is 0.481. The molecule has 12 heteroatoms. The monoisotopic (exact) mass is 540 g/mol. The Hall–Kier alpha value is -3.45. The Balaban J connectivity index is 1.55. The zero-order chi connectivity index (χ0) is 28.0. The SMILES string of the molecule is CN(C)CCNC(=O)C1(C)COC(c2nc(-c3ccc(F)cc3)c(-c3ccnc(NCCN(C)C)n3)[nH]2)OC1. The molecule has 1 saturated heterocycles. The molecule has 11 nitrogen and oxygen atoms in total. The predicted molar refractivity (Wildman–Crippen MR) is 146 cm³/mol. The zero-order valence-corrected chi connectivity index (χ0v) is 23.1. The van der Waals surface area contributed by atoms with E-state index in [1.54, 1.807) is 24.4 Å². The lowest BCUT2D eigenvalue weighted by Crippen LogP contribution is -2.49. The number of aromatic nitrogens is 4. The summed E-state index contributed by atoms with van der Waals surface area (Å²) >= 11 is 0. The number of carbonyl (C=O) groups excluding carboxylic acids is 1. The molecule has 0 atom stereocenters. The van der Waals surface area contributed by atoms with E-state index in [0.29, 0.717) is 47.5 Å². The van der Waals surface area contributed by atoms with Crippen LogP contribution in [0.25, 0.3) is 22.6 Å². The predicted octanol–water partition coefficient (Wildman–Crippen LogP) is 2.38. The van der Waals surface area contributed by atoms with Crippen molar-refractivity contribution < 1.29 is 18.7 Å². The Labute approximate surface area is 228 Å². The molecule has 4 rings (SSSR count). The van der Waals surface area contributed by atoms with Gasteiger partial charge >= 0.3 is 0 Å². The van der Waals surface area contributed by atoms with Gasteiger partial charge in [-0.05, 0) is 65.4 Å². The van der Waals surface area contributed by atoms with Crippen LogP contribution in [0.15, 0.2) is 36.5 Å². The van der Waals surface area contributed by atoms with Crippen molar-refractivity contribution in [1.82, 2.24) is 35.1 Å². The van der Waals surface area contributed by atoms with Gasteiger partial charge in [-0.15, -0.1) is 0 Å². The highest BCUT2D eigenvalue weighted by Gasteiger charge is 2.40. The molecule has 1 aromatic carbocycles. The zero-order valence-electron chi connectivity index (χ0n) is 23.1. The summed E-state index contributed by atoms with van der Waals surface area (Å²) in [5.74, 6) is 0.453. The molecule has 0 bridgehead atoms. The smallest absolute Gasteiger partial charge is 0.230 e. The van der Waals surface area contributed by atoms with Gasteiger partial charge in [-0.2, -0.15) is 0 Å². The van der Waals surface area contributed by atoms with E-state index < -0.39 is 11.7 Å². The summed E-state index contributed by atoms with van der Waals surface area (Å²) in [7, 11) is 7.89. The summed E-state index contributed by atoms with van der Waals surface area (Å²) in [6.07, 6.45) is 0.864. The van der Waals surface area contributed by atoms with Crippen molar-refractivity contribution in [2.75, 3.05) is 72.9 Å². The standard InChI is InChI=1S/C27H37FN8O3/c1-27(25(37)29-12-14-35(2)3)16-38-24(39-17-27)23-33-21(18-6-8-19(28)9-7-18)22(34-23)20-10-11-30-26(32-20)31-13-15-36(4)5/h6-11,24H,12-17H2,1-5H3,(H,29,37)(H,33,34)(H,30,31,32). The molecule has 1 fully saturated rings. The summed E-state index contributed by atoms with van der Waals surface area (Å²) in [5, 5.41) is 6.17. The van der Waals surface area contributed by atoms with Crippen molar-refractivity contribution in [3.8, 4) is 22.6 Å². The molecule has 1 amide bonds. The van der Waals surface area contributed by atoms with E-state index in [0.717, 1.165) is 13.1 Å². The van der Waals surface area contributed by atoms with Crippen LogP contribution in [0, 0.1) is 11.2 Å². The van der Waals surface area contributed by atoms with Gasteiger partial charge in [-0.3, -0.25) is 4.79 Å². The maximum absolute atomic E-state index is 13.7. The van der Waals surface area contributed by atoms with Crippen LogP contribution in [0.1, 0.15) is 19.0 Å². The quantitative estimate of drug-likeness (QED) is 0.337. The van der Waals surface area contributed by atoms with Gasteiger partial charge in [0.2, 0.25) is 18.1 Å². The highest BCUT2D eigenvalue weighted by Crippen LogP contribution is 2.35. The first-order chi connectivity index (χ1) is 18.6. The van der Waals surface area contributed by atoms with Crippen molar-refractivity contribution in [2.24, 2.45) is 5.41 Å². The number of benzene rings is 1. The van der Waals surface area contributed by atoms with Gasteiger partial charge < -0.3 is 34.9 Å². The summed E-state index contributed by atoms with van der Waals surface area (Å²) in [6.45, 7) is 4.94. The van der Waals surface area contributed by atoms with E-state index in [1.165, 1.54) is 12.1 Å². The number of rotatable bonds is 11. The van der Waals surface area contributed by atoms with Gasteiger partial charge in [-0.1, -0.05) is 0 Å². The third-order valence-corrected chi connectivity index (χ3v) is 6.32.